The van der Waals surface area contributed by atoms with Gasteiger partial charge in [-0.2, -0.15) is 0 Å². The molecule has 0 aliphatic heterocycles. The van der Waals surface area contributed by atoms with Gasteiger partial charge in [0.2, 0.25) is 0 Å². The third kappa shape index (κ3) is 5.61. The summed E-state index contributed by atoms with van der Waals surface area (Å²) in [6.45, 7) is 4.10. The van der Waals surface area contributed by atoms with E-state index in [1.807, 2.05) is 38.1 Å². The molecular weight excluding hydrogens is 400 g/mol. The summed E-state index contributed by atoms with van der Waals surface area (Å²) in [5, 5.41) is 6.29. The maximum atomic E-state index is 12.6. The predicted octanol–water partition coefficient (Wildman–Crippen LogP) is 5.31. The highest BCUT2D eigenvalue weighted by Crippen LogP contribution is 2.20. The average Bonchev–Trinajstić information content (AvgIpc) is 2.73. The molecule has 154 valence electrons. The third-order valence-electron chi connectivity index (χ3n) is 4.31. The molecule has 2 N–H and O–H groups in total. The number of para-hydroxylation sites is 1. The second-order valence-electron chi connectivity index (χ2n) is 7.03. The van der Waals surface area contributed by atoms with Crippen molar-refractivity contribution < 1.29 is 14.3 Å². The predicted molar refractivity (Wildman–Crippen MR) is 119 cm³/mol. The van der Waals surface area contributed by atoms with Crippen LogP contribution in [-0.4, -0.2) is 17.9 Å². The van der Waals surface area contributed by atoms with Crippen molar-refractivity contribution in [3.05, 3.63) is 94.5 Å². The number of amides is 2. The Balaban J connectivity index is 1.65. The van der Waals surface area contributed by atoms with Crippen molar-refractivity contribution >= 4 is 29.1 Å². The number of hydrogen-bond donors (Lipinski definition) is 2. The smallest absolute Gasteiger partial charge is 0.255 e. The first-order valence-corrected chi connectivity index (χ1v) is 9.99. The van der Waals surface area contributed by atoms with Gasteiger partial charge in [0.1, 0.15) is 12.4 Å². The lowest BCUT2D eigenvalue weighted by molar-refractivity contribution is 0.0944. The van der Waals surface area contributed by atoms with Crippen molar-refractivity contribution in [2.24, 2.45) is 0 Å². The first-order valence-electron chi connectivity index (χ1n) is 9.61. The Kier molecular flexibility index (Phi) is 7.09. The molecule has 3 aromatic rings. The Morgan fingerprint density at radius 2 is 1.57 bits per heavy atom. The topological polar surface area (TPSA) is 67.4 Å². The van der Waals surface area contributed by atoms with Gasteiger partial charge in [-0.25, -0.2) is 0 Å². The third-order valence-corrected chi connectivity index (χ3v) is 4.68. The molecular formula is C24H23ClN2O3. The van der Waals surface area contributed by atoms with Crippen LogP contribution in [-0.2, 0) is 6.61 Å². The molecule has 3 rings (SSSR count). The monoisotopic (exact) mass is 422 g/mol. The maximum Gasteiger partial charge on any atom is 0.255 e. The molecule has 0 aliphatic carbocycles. The van der Waals surface area contributed by atoms with Gasteiger partial charge in [-0.15, -0.1) is 0 Å². The number of hydrogen-bond acceptors (Lipinski definition) is 3. The van der Waals surface area contributed by atoms with E-state index >= 15 is 0 Å². The Morgan fingerprint density at radius 1 is 0.900 bits per heavy atom. The van der Waals surface area contributed by atoms with Crippen molar-refractivity contribution in [2.75, 3.05) is 5.32 Å². The SMILES string of the molecule is CC(C)NC(=O)c1ccccc1NC(=O)c1ccc(OCc2ccccc2Cl)cc1. The number of rotatable bonds is 7. The van der Waals surface area contributed by atoms with Gasteiger partial charge in [-0.1, -0.05) is 41.9 Å². The van der Waals surface area contributed by atoms with Gasteiger partial charge in [-0.3, -0.25) is 9.59 Å². The molecule has 0 radical (unpaired) electrons. The van der Waals surface area contributed by atoms with E-state index in [4.69, 9.17) is 16.3 Å². The van der Waals surface area contributed by atoms with Crippen LogP contribution < -0.4 is 15.4 Å². The Hall–Kier alpha value is -3.31. The van der Waals surface area contributed by atoms with E-state index in [-0.39, 0.29) is 17.9 Å². The fourth-order valence-electron chi connectivity index (χ4n) is 2.80. The summed E-state index contributed by atoms with van der Waals surface area (Å²) in [7, 11) is 0. The maximum absolute atomic E-state index is 12.6. The lowest BCUT2D eigenvalue weighted by Gasteiger charge is -2.13. The minimum Gasteiger partial charge on any atom is -0.489 e. The molecule has 0 atom stereocenters. The number of benzene rings is 3. The molecule has 2 amide bonds. The Labute approximate surface area is 181 Å². The normalized spacial score (nSPS) is 10.5. The standard InChI is InChI=1S/C24H23ClN2O3/c1-16(2)26-24(29)20-8-4-6-10-22(20)27-23(28)17-11-13-19(14-12-17)30-15-18-7-3-5-9-21(18)25/h3-14,16H,15H2,1-2H3,(H,26,29)(H,27,28). The number of ether oxygens (including phenoxy) is 1. The van der Waals surface area contributed by atoms with Crippen molar-refractivity contribution in [3.63, 3.8) is 0 Å². The molecule has 0 spiro atoms. The van der Waals surface area contributed by atoms with E-state index in [1.54, 1.807) is 48.5 Å². The minimum absolute atomic E-state index is 0.000399. The largest absolute Gasteiger partial charge is 0.489 e. The van der Waals surface area contributed by atoms with Gasteiger partial charge < -0.3 is 15.4 Å². The van der Waals surface area contributed by atoms with E-state index in [9.17, 15) is 9.59 Å². The van der Waals surface area contributed by atoms with Crippen molar-refractivity contribution in [3.8, 4) is 5.75 Å². The number of carbonyl (C=O) groups is 2. The molecule has 0 aliphatic rings. The second kappa shape index (κ2) is 9.94. The molecule has 0 fully saturated rings. The number of nitrogens with one attached hydrogen (secondary N) is 2. The highest BCUT2D eigenvalue weighted by molar-refractivity contribution is 6.31. The summed E-state index contributed by atoms with van der Waals surface area (Å²) in [5.74, 6) is 0.0878. The van der Waals surface area contributed by atoms with Crippen molar-refractivity contribution in [1.29, 1.82) is 0 Å². The van der Waals surface area contributed by atoms with Crippen LogP contribution in [0.5, 0.6) is 5.75 Å². The number of halogens is 1. The molecule has 0 bridgehead atoms. The van der Waals surface area contributed by atoms with Gasteiger partial charge in [0, 0.05) is 22.2 Å². The Bertz CT molecular complexity index is 1030. The fraction of sp³-hybridized carbons (Fsp3) is 0.167. The highest BCUT2D eigenvalue weighted by atomic mass is 35.5. The Morgan fingerprint density at radius 3 is 2.27 bits per heavy atom. The summed E-state index contributed by atoms with van der Waals surface area (Å²) in [5.41, 5.74) is 2.22. The first-order chi connectivity index (χ1) is 14.4. The zero-order valence-electron chi connectivity index (χ0n) is 16.8. The highest BCUT2D eigenvalue weighted by Gasteiger charge is 2.14. The van der Waals surface area contributed by atoms with Gasteiger partial charge in [-0.05, 0) is 56.3 Å². The van der Waals surface area contributed by atoms with Crippen molar-refractivity contribution in [2.45, 2.75) is 26.5 Å². The van der Waals surface area contributed by atoms with Crippen LogP contribution in [0, 0.1) is 0 Å². The summed E-state index contributed by atoms with van der Waals surface area (Å²) in [6.07, 6.45) is 0. The molecule has 5 nitrogen and oxygen atoms in total. The van der Waals surface area contributed by atoms with Crippen LogP contribution in [0.1, 0.15) is 40.1 Å². The first kappa shape index (κ1) is 21.4. The van der Waals surface area contributed by atoms with E-state index in [0.29, 0.717) is 34.2 Å². The van der Waals surface area contributed by atoms with E-state index in [2.05, 4.69) is 10.6 Å². The molecule has 0 aromatic heterocycles. The van der Waals surface area contributed by atoms with Gasteiger partial charge in [0.15, 0.2) is 0 Å². The molecule has 0 unspecified atom stereocenters. The van der Waals surface area contributed by atoms with E-state index < -0.39 is 0 Å². The summed E-state index contributed by atoms with van der Waals surface area (Å²) >= 11 is 6.14. The fourth-order valence-corrected chi connectivity index (χ4v) is 2.99. The zero-order chi connectivity index (χ0) is 21.5. The summed E-state index contributed by atoms with van der Waals surface area (Å²) in [4.78, 5) is 25.0. The van der Waals surface area contributed by atoms with E-state index in [0.717, 1.165) is 5.56 Å². The summed E-state index contributed by atoms with van der Waals surface area (Å²) < 4.78 is 5.74. The van der Waals surface area contributed by atoms with Crippen LogP contribution in [0.15, 0.2) is 72.8 Å². The molecule has 3 aromatic carbocycles. The quantitative estimate of drug-likeness (QED) is 0.542. The number of carbonyl (C=O) groups excluding carboxylic acids is 2. The van der Waals surface area contributed by atoms with Crippen LogP contribution in [0.4, 0.5) is 5.69 Å². The number of anilines is 1. The molecule has 0 saturated heterocycles. The molecule has 30 heavy (non-hydrogen) atoms. The van der Waals surface area contributed by atoms with Crippen LogP contribution in [0.3, 0.4) is 0 Å². The second-order valence-corrected chi connectivity index (χ2v) is 7.44. The lowest BCUT2D eigenvalue weighted by Crippen LogP contribution is -2.31. The van der Waals surface area contributed by atoms with Crippen molar-refractivity contribution in [1.82, 2.24) is 5.32 Å². The van der Waals surface area contributed by atoms with Crippen LogP contribution in [0.2, 0.25) is 5.02 Å². The van der Waals surface area contributed by atoms with Crippen LogP contribution in [0.25, 0.3) is 0 Å². The van der Waals surface area contributed by atoms with Gasteiger partial charge in [0.25, 0.3) is 11.8 Å². The zero-order valence-corrected chi connectivity index (χ0v) is 17.6. The molecule has 0 heterocycles. The van der Waals surface area contributed by atoms with E-state index in [1.165, 1.54) is 0 Å². The molecule has 0 saturated carbocycles. The average molecular weight is 423 g/mol. The lowest BCUT2D eigenvalue weighted by atomic mass is 10.1. The summed E-state index contributed by atoms with van der Waals surface area (Å²) in [6, 6.07) is 21.2. The van der Waals surface area contributed by atoms with Gasteiger partial charge in [0.05, 0.1) is 11.3 Å². The molecule has 6 heteroatoms. The van der Waals surface area contributed by atoms with Crippen LogP contribution >= 0.6 is 11.6 Å². The van der Waals surface area contributed by atoms with Gasteiger partial charge >= 0.3 is 0 Å². The minimum atomic E-state index is -0.308.